The summed E-state index contributed by atoms with van der Waals surface area (Å²) < 4.78 is 0. The largest absolute Gasteiger partial charge is 0.355 e. The Balaban J connectivity index is 0.00000169. The van der Waals surface area contributed by atoms with E-state index in [2.05, 4.69) is 10.6 Å². The molecule has 1 aromatic carbocycles. The maximum absolute atomic E-state index is 11.2. The number of benzene rings is 1. The van der Waals surface area contributed by atoms with Crippen LogP contribution in [-0.2, 0) is 6.54 Å². The first-order valence-electron chi connectivity index (χ1n) is 4.23. The molecule has 0 atom stereocenters. The molecule has 0 heterocycles. The Hall–Kier alpha value is -1.06. The molecule has 0 aliphatic heterocycles. The minimum absolute atomic E-state index is 0. The molecular weight excluding hydrogens is 200 g/mol. The van der Waals surface area contributed by atoms with Crippen molar-refractivity contribution in [3.63, 3.8) is 0 Å². The molecule has 1 rings (SSSR count). The Morgan fingerprint density at radius 2 is 1.79 bits per heavy atom. The van der Waals surface area contributed by atoms with Crippen LogP contribution in [-0.4, -0.2) is 20.0 Å². The predicted octanol–water partition coefficient (Wildman–Crippen LogP) is 1.19. The van der Waals surface area contributed by atoms with Gasteiger partial charge in [0.1, 0.15) is 0 Å². The number of halogens is 1. The Morgan fingerprint density at radius 3 is 2.21 bits per heavy atom. The molecule has 0 saturated heterocycles. The first-order chi connectivity index (χ1) is 6.27. The van der Waals surface area contributed by atoms with Gasteiger partial charge in [0.15, 0.2) is 0 Å². The van der Waals surface area contributed by atoms with Crippen LogP contribution in [0.15, 0.2) is 24.3 Å². The normalized spacial score (nSPS) is 9.00. The maximum atomic E-state index is 11.2. The van der Waals surface area contributed by atoms with E-state index >= 15 is 0 Å². The SMILES string of the molecule is CNCc1ccc(C(=O)NC)cc1.Cl. The van der Waals surface area contributed by atoms with E-state index in [1.54, 1.807) is 7.05 Å². The lowest BCUT2D eigenvalue weighted by Gasteiger charge is -2.02. The van der Waals surface area contributed by atoms with Crippen molar-refractivity contribution in [3.05, 3.63) is 35.4 Å². The number of carbonyl (C=O) groups excluding carboxylic acids is 1. The van der Waals surface area contributed by atoms with Gasteiger partial charge in [0.25, 0.3) is 5.91 Å². The zero-order valence-corrected chi connectivity index (χ0v) is 9.15. The van der Waals surface area contributed by atoms with Crippen molar-refractivity contribution in [1.82, 2.24) is 10.6 Å². The summed E-state index contributed by atoms with van der Waals surface area (Å²) in [6, 6.07) is 7.54. The topological polar surface area (TPSA) is 41.1 Å². The van der Waals surface area contributed by atoms with Crippen molar-refractivity contribution in [2.45, 2.75) is 6.54 Å². The van der Waals surface area contributed by atoms with Crippen LogP contribution in [0.5, 0.6) is 0 Å². The average molecular weight is 215 g/mol. The molecule has 0 aliphatic carbocycles. The monoisotopic (exact) mass is 214 g/mol. The average Bonchev–Trinajstić information content (AvgIpc) is 2.18. The molecule has 1 amide bonds. The standard InChI is InChI=1S/C10H14N2O.ClH/c1-11-7-8-3-5-9(6-4-8)10(13)12-2;/h3-6,11H,7H2,1-2H3,(H,12,13);1H. The van der Waals surface area contributed by atoms with Crippen molar-refractivity contribution in [3.8, 4) is 0 Å². The van der Waals surface area contributed by atoms with Crippen molar-refractivity contribution in [2.75, 3.05) is 14.1 Å². The van der Waals surface area contributed by atoms with Gasteiger partial charge in [0.2, 0.25) is 0 Å². The maximum Gasteiger partial charge on any atom is 0.251 e. The number of hydrogen-bond acceptors (Lipinski definition) is 2. The summed E-state index contributed by atoms with van der Waals surface area (Å²) in [5.41, 5.74) is 1.87. The summed E-state index contributed by atoms with van der Waals surface area (Å²) in [5.74, 6) is -0.0454. The molecular formula is C10H15ClN2O. The second-order valence-corrected chi connectivity index (χ2v) is 2.81. The van der Waals surface area contributed by atoms with Gasteiger partial charge in [0, 0.05) is 19.2 Å². The summed E-state index contributed by atoms with van der Waals surface area (Å²) in [6.45, 7) is 0.827. The third-order valence-corrected chi connectivity index (χ3v) is 1.82. The van der Waals surface area contributed by atoms with Gasteiger partial charge in [-0.05, 0) is 24.7 Å². The highest BCUT2D eigenvalue weighted by Gasteiger charge is 2.00. The molecule has 0 unspecified atom stereocenters. The van der Waals surface area contributed by atoms with Gasteiger partial charge in [-0.3, -0.25) is 4.79 Å². The van der Waals surface area contributed by atoms with E-state index in [0.29, 0.717) is 5.56 Å². The van der Waals surface area contributed by atoms with E-state index in [1.165, 1.54) is 5.56 Å². The molecule has 1 aromatic rings. The number of rotatable bonds is 3. The van der Waals surface area contributed by atoms with E-state index < -0.39 is 0 Å². The molecule has 2 N–H and O–H groups in total. The third kappa shape index (κ3) is 3.36. The number of hydrogen-bond donors (Lipinski definition) is 2. The van der Waals surface area contributed by atoms with Crippen molar-refractivity contribution >= 4 is 18.3 Å². The van der Waals surface area contributed by atoms with Gasteiger partial charge >= 0.3 is 0 Å². The Labute approximate surface area is 90.3 Å². The van der Waals surface area contributed by atoms with Gasteiger partial charge in [-0.15, -0.1) is 12.4 Å². The van der Waals surface area contributed by atoms with Crippen LogP contribution in [0.2, 0.25) is 0 Å². The van der Waals surface area contributed by atoms with Gasteiger partial charge in [-0.2, -0.15) is 0 Å². The van der Waals surface area contributed by atoms with E-state index in [0.717, 1.165) is 6.54 Å². The lowest BCUT2D eigenvalue weighted by molar-refractivity contribution is 0.0963. The molecule has 3 nitrogen and oxygen atoms in total. The first kappa shape index (κ1) is 12.9. The van der Waals surface area contributed by atoms with Gasteiger partial charge < -0.3 is 10.6 Å². The summed E-state index contributed by atoms with van der Waals surface area (Å²) in [7, 11) is 3.52. The van der Waals surface area contributed by atoms with E-state index in [-0.39, 0.29) is 18.3 Å². The fraction of sp³-hybridized carbons (Fsp3) is 0.300. The van der Waals surface area contributed by atoms with E-state index in [1.807, 2.05) is 31.3 Å². The van der Waals surface area contributed by atoms with Crippen LogP contribution >= 0.6 is 12.4 Å². The Morgan fingerprint density at radius 1 is 1.21 bits per heavy atom. The van der Waals surface area contributed by atoms with Crippen molar-refractivity contribution in [1.29, 1.82) is 0 Å². The van der Waals surface area contributed by atoms with E-state index in [9.17, 15) is 4.79 Å². The van der Waals surface area contributed by atoms with Crippen LogP contribution in [0.3, 0.4) is 0 Å². The summed E-state index contributed by atoms with van der Waals surface area (Å²) in [6.07, 6.45) is 0. The highest BCUT2D eigenvalue weighted by Crippen LogP contribution is 2.03. The highest BCUT2D eigenvalue weighted by atomic mass is 35.5. The molecule has 78 valence electrons. The fourth-order valence-electron chi connectivity index (χ4n) is 1.12. The second-order valence-electron chi connectivity index (χ2n) is 2.81. The van der Waals surface area contributed by atoms with Crippen LogP contribution in [0.25, 0.3) is 0 Å². The molecule has 0 aliphatic rings. The van der Waals surface area contributed by atoms with Crippen LogP contribution < -0.4 is 10.6 Å². The molecule has 0 aromatic heterocycles. The predicted molar refractivity (Wildman–Crippen MR) is 59.8 cm³/mol. The lowest BCUT2D eigenvalue weighted by atomic mass is 10.1. The van der Waals surface area contributed by atoms with Crippen molar-refractivity contribution in [2.24, 2.45) is 0 Å². The fourth-order valence-corrected chi connectivity index (χ4v) is 1.12. The van der Waals surface area contributed by atoms with Crippen LogP contribution in [0.1, 0.15) is 15.9 Å². The second kappa shape index (κ2) is 6.40. The van der Waals surface area contributed by atoms with E-state index in [4.69, 9.17) is 0 Å². The lowest BCUT2D eigenvalue weighted by Crippen LogP contribution is -2.17. The minimum Gasteiger partial charge on any atom is -0.355 e. The Kier molecular flexibility index (Phi) is 5.92. The van der Waals surface area contributed by atoms with Crippen molar-refractivity contribution < 1.29 is 4.79 Å². The van der Waals surface area contributed by atoms with Crippen LogP contribution in [0, 0.1) is 0 Å². The summed E-state index contributed by atoms with van der Waals surface area (Å²) in [4.78, 5) is 11.2. The molecule has 4 heteroatoms. The third-order valence-electron chi connectivity index (χ3n) is 1.82. The zero-order valence-electron chi connectivity index (χ0n) is 8.33. The number of amides is 1. The molecule has 0 bridgehead atoms. The number of carbonyl (C=O) groups is 1. The molecule has 14 heavy (non-hydrogen) atoms. The smallest absolute Gasteiger partial charge is 0.251 e. The number of nitrogens with one attached hydrogen (secondary N) is 2. The quantitative estimate of drug-likeness (QED) is 0.794. The zero-order chi connectivity index (χ0) is 9.68. The van der Waals surface area contributed by atoms with Crippen LogP contribution in [0.4, 0.5) is 0 Å². The summed E-state index contributed by atoms with van der Waals surface area (Å²) >= 11 is 0. The highest BCUT2D eigenvalue weighted by molar-refractivity contribution is 5.93. The molecule has 0 spiro atoms. The Bertz CT molecular complexity index is 285. The van der Waals surface area contributed by atoms with Gasteiger partial charge in [0.05, 0.1) is 0 Å². The molecule has 0 fully saturated rings. The summed E-state index contributed by atoms with van der Waals surface area (Å²) in [5, 5.41) is 5.62. The first-order valence-corrected chi connectivity index (χ1v) is 4.23. The van der Waals surface area contributed by atoms with Gasteiger partial charge in [-0.1, -0.05) is 12.1 Å². The molecule has 0 radical (unpaired) electrons. The molecule has 0 saturated carbocycles. The van der Waals surface area contributed by atoms with Gasteiger partial charge in [-0.25, -0.2) is 0 Å². The minimum atomic E-state index is -0.0454.